The van der Waals surface area contributed by atoms with E-state index in [1.54, 1.807) is 7.11 Å². The van der Waals surface area contributed by atoms with Gasteiger partial charge in [-0.15, -0.1) is 0 Å². The predicted molar refractivity (Wildman–Crippen MR) is 71.7 cm³/mol. The molecule has 0 amide bonds. The van der Waals surface area contributed by atoms with Gasteiger partial charge in [0.1, 0.15) is 5.82 Å². The van der Waals surface area contributed by atoms with Gasteiger partial charge in [-0.2, -0.15) is 21.7 Å². The maximum Gasteiger partial charge on any atom is 0.225 e. The SMILES string of the molecule is CCC1CN(c2cc(OC)nc(N)n2)CCS1. The lowest BCUT2D eigenvalue weighted by atomic mass is 10.3. The Hall–Kier alpha value is -1.17. The number of aromatic nitrogens is 2. The molecule has 1 unspecified atom stereocenters. The van der Waals surface area contributed by atoms with Crippen LogP contribution in [0.2, 0.25) is 0 Å². The average molecular weight is 254 g/mol. The van der Waals surface area contributed by atoms with E-state index in [0.29, 0.717) is 11.1 Å². The Morgan fingerprint density at radius 2 is 2.41 bits per heavy atom. The molecule has 0 spiro atoms. The molecule has 0 aromatic carbocycles. The summed E-state index contributed by atoms with van der Waals surface area (Å²) in [5, 5.41) is 0.672. The van der Waals surface area contributed by atoms with Gasteiger partial charge in [-0.3, -0.25) is 0 Å². The highest BCUT2D eigenvalue weighted by Crippen LogP contribution is 2.26. The maximum atomic E-state index is 5.67. The molecule has 0 bridgehead atoms. The molecule has 1 aromatic heterocycles. The standard InChI is InChI=1S/C11H18N4OS/c1-3-8-7-15(4-5-17-8)9-6-10(16-2)14-11(12)13-9/h6,8H,3-5,7H2,1-2H3,(H2,12,13,14). The van der Waals surface area contributed by atoms with E-state index in [1.165, 1.54) is 6.42 Å². The molecule has 94 valence electrons. The molecule has 2 N–H and O–H groups in total. The van der Waals surface area contributed by atoms with Crippen molar-refractivity contribution < 1.29 is 4.74 Å². The second-order valence-corrected chi connectivity index (χ2v) is 5.38. The van der Waals surface area contributed by atoms with Gasteiger partial charge >= 0.3 is 0 Å². The van der Waals surface area contributed by atoms with Crippen LogP contribution in [0.25, 0.3) is 0 Å². The molecule has 6 heteroatoms. The first-order chi connectivity index (χ1) is 8.22. The van der Waals surface area contributed by atoms with Crippen LogP contribution in [0.4, 0.5) is 11.8 Å². The van der Waals surface area contributed by atoms with E-state index >= 15 is 0 Å². The number of methoxy groups -OCH3 is 1. The average Bonchev–Trinajstić information content (AvgIpc) is 2.38. The number of hydrogen-bond donors (Lipinski definition) is 1. The van der Waals surface area contributed by atoms with E-state index in [4.69, 9.17) is 10.5 Å². The highest BCUT2D eigenvalue weighted by Gasteiger charge is 2.20. The lowest BCUT2D eigenvalue weighted by Crippen LogP contribution is -2.38. The monoisotopic (exact) mass is 254 g/mol. The van der Waals surface area contributed by atoms with Crippen LogP contribution < -0.4 is 15.4 Å². The van der Waals surface area contributed by atoms with Crippen molar-refractivity contribution >= 4 is 23.5 Å². The van der Waals surface area contributed by atoms with Crippen LogP contribution in [-0.4, -0.2) is 41.2 Å². The van der Waals surface area contributed by atoms with Crippen LogP contribution in [0, 0.1) is 0 Å². The van der Waals surface area contributed by atoms with E-state index in [-0.39, 0.29) is 5.95 Å². The third-order valence-corrected chi connectivity index (χ3v) is 4.21. The van der Waals surface area contributed by atoms with Crippen molar-refractivity contribution in [2.75, 3.05) is 36.6 Å². The zero-order chi connectivity index (χ0) is 12.3. The number of nitrogens with zero attached hydrogens (tertiary/aromatic N) is 3. The fourth-order valence-electron chi connectivity index (χ4n) is 1.87. The Balaban J connectivity index is 2.18. The maximum absolute atomic E-state index is 5.67. The van der Waals surface area contributed by atoms with Crippen LogP contribution in [0.15, 0.2) is 6.07 Å². The molecular formula is C11H18N4OS. The number of thioether (sulfide) groups is 1. The van der Waals surface area contributed by atoms with Gasteiger partial charge in [0.15, 0.2) is 0 Å². The first-order valence-electron chi connectivity index (χ1n) is 5.78. The molecule has 1 atom stereocenters. The summed E-state index contributed by atoms with van der Waals surface area (Å²) in [7, 11) is 1.59. The quantitative estimate of drug-likeness (QED) is 0.879. The van der Waals surface area contributed by atoms with Crippen LogP contribution in [0.1, 0.15) is 13.3 Å². The summed E-state index contributed by atoms with van der Waals surface area (Å²) >= 11 is 2.03. The fourth-order valence-corrected chi connectivity index (χ4v) is 3.05. The third-order valence-electron chi connectivity index (χ3n) is 2.83. The zero-order valence-corrected chi connectivity index (χ0v) is 11.0. The van der Waals surface area contributed by atoms with Crippen molar-refractivity contribution in [3.05, 3.63) is 6.07 Å². The van der Waals surface area contributed by atoms with Gasteiger partial charge in [-0.1, -0.05) is 6.92 Å². The molecule has 2 rings (SSSR count). The summed E-state index contributed by atoms with van der Waals surface area (Å²) in [5.41, 5.74) is 5.67. The summed E-state index contributed by atoms with van der Waals surface area (Å²) in [5.74, 6) is 2.79. The highest BCUT2D eigenvalue weighted by atomic mass is 32.2. The first-order valence-corrected chi connectivity index (χ1v) is 6.83. The minimum Gasteiger partial charge on any atom is -0.481 e. The number of nitrogens with two attached hydrogens (primary N) is 1. The molecule has 5 nitrogen and oxygen atoms in total. The minimum atomic E-state index is 0.269. The summed E-state index contributed by atoms with van der Waals surface area (Å²) in [4.78, 5) is 10.5. The van der Waals surface area contributed by atoms with Crippen molar-refractivity contribution in [3.63, 3.8) is 0 Å². The largest absolute Gasteiger partial charge is 0.481 e. The molecule has 1 aliphatic rings. The van der Waals surface area contributed by atoms with Gasteiger partial charge < -0.3 is 15.4 Å². The number of anilines is 2. The number of nitrogen functional groups attached to an aromatic ring is 1. The van der Waals surface area contributed by atoms with Crippen molar-refractivity contribution in [2.24, 2.45) is 0 Å². The molecule has 1 fully saturated rings. The molecule has 0 saturated carbocycles. The zero-order valence-electron chi connectivity index (χ0n) is 10.2. The smallest absolute Gasteiger partial charge is 0.225 e. The summed E-state index contributed by atoms with van der Waals surface area (Å²) < 4.78 is 5.12. The Bertz CT molecular complexity index is 388. The third kappa shape index (κ3) is 2.94. The Morgan fingerprint density at radius 3 is 3.12 bits per heavy atom. The van der Waals surface area contributed by atoms with E-state index < -0.39 is 0 Å². The summed E-state index contributed by atoms with van der Waals surface area (Å²) in [6, 6.07) is 1.85. The van der Waals surface area contributed by atoms with Crippen molar-refractivity contribution in [3.8, 4) is 5.88 Å². The van der Waals surface area contributed by atoms with Gasteiger partial charge in [-0.25, -0.2) is 0 Å². The molecule has 1 aliphatic heterocycles. The van der Waals surface area contributed by atoms with Crippen LogP contribution in [-0.2, 0) is 0 Å². The molecule has 2 heterocycles. The van der Waals surface area contributed by atoms with Gasteiger partial charge in [0.05, 0.1) is 7.11 Å². The van der Waals surface area contributed by atoms with Crippen molar-refractivity contribution in [1.29, 1.82) is 0 Å². The molecule has 0 aliphatic carbocycles. The Morgan fingerprint density at radius 1 is 1.59 bits per heavy atom. The Kier molecular flexibility index (Phi) is 3.93. The number of hydrogen-bond acceptors (Lipinski definition) is 6. The van der Waals surface area contributed by atoms with Crippen LogP contribution >= 0.6 is 11.8 Å². The topological polar surface area (TPSA) is 64.3 Å². The van der Waals surface area contributed by atoms with Gasteiger partial charge in [-0.05, 0) is 6.42 Å². The molecule has 0 radical (unpaired) electrons. The normalized spacial score (nSPS) is 20.4. The van der Waals surface area contributed by atoms with Crippen molar-refractivity contribution in [2.45, 2.75) is 18.6 Å². The van der Waals surface area contributed by atoms with Crippen molar-refractivity contribution in [1.82, 2.24) is 9.97 Å². The first kappa shape index (κ1) is 12.3. The number of rotatable bonds is 3. The lowest BCUT2D eigenvalue weighted by molar-refractivity contribution is 0.397. The van der Waals surface area contributed by atoms with Crippen LogP contribution in [0.5, 0.6) is 5.88 Å². The molecular weight excluding hydrogens is 236 g/mol. The molecule has 1 saturated heterocycles. The molecule has 1 aromatic rings. The fraction of sp³-hybridized carbons (Fsp3) is 0.636. The Labute approximate surface area is 106 Å². The number of ether oxygens (including phenoxy) is 1. The second kappa shape index (κ2) is 5.44. The van der Waals surface area contributed by atoms with E-state index in [0.717, 1.165) is 24.7 Å². The van der Waals surface area contributed by atoms with Gasteiger partial charge in [0.25, 0.3) is 0 Å². The summed E-state index contributed by atoms with van der Waals surface area (Å²) in [6.45, 7) is 4.23. The van der Waals surface area contributed by atoms with Gasteiger partial charge in [0, 0.05) is 30.2 Å². The summed E-state index contributed by atoms with van der Waals surface area (Å²) in [6.07, 6.45) is 1.18. The second-order valence-electron chi connectivity index (χ2n) is 3.97. The van der Waals surface area contributed by atoms with E-state index in [9.17, 15) is 0 Å². The van der Waals surface area contributed by atoms with Gasteiger partial charge in [0.2, 0.25) is 11.8 Å². The lowest BCUT2D eigenvalue weighted by Gasteiger charge is -2.32. The predicted octanol–water partition coefficient (Wildman–Crippen LogP) is 1.40. The van der Waals surface area contributed by atoms with Crippen LogP contribution in [0.3, 0.4) is 0 Å². The van der Waals surface area contributed by atoms with E-state index in [1.807, 2.05) is 17.8 Å². The molecule has 17 heavy (non-hydrogen) atoms. The highest BCUT2D eigenvalue weighted by molar-refractivity contribution is 8.00. The van der Waals surface area contributed by atoms with E-state index in [2.05, 4.69) is 21.8 Å². The minimum absolute atomic E-state index is 0.269.